The Morgan fingerprint density at radius 1 is 0.536 bits per heavy atom. The highest BCUT2D eigenvalue weighted by molar-refractivity contribution is 8.33. The number of ketones is 3. The quantitative estimate of drug-likeness (QED) is 0.0274. The van der Waals surface area contributed by atoms with Gasteiger partial charge in [-0.2, -0.15) is 0 Å². The Balaban J connectivity index is -0.000000248. The van der Waals surface area contributed by atoms with Crippen LogP contribution in [-0.2, 0) is 76.4 Å². The summed E-state index contributed by atoms with van der Waals surface area (Å²) < 4.78 is 22.5. The molecule has 0 aromatic carbocycles. The van der Waals surface area contributed by atoms with Gasteiger partial charge in [0.25, 0.3) is 11.8 Å². The zero-order valence-corrected chi connectivity index (χ0v) is 37.9. The van der Waals surface area contributed by atoms with Crippen molar-refractivity contribution in [1.29, 1.82) is 0 Å². The molecule has 25 heteroatoms. The molecule has 0 aliphatic heterocycles. The van der Waals surface area contributed by atoms with Crippen molar-refractivity contribution in [3.63, 3.8) is 0 Å². The number of carbonyl (C=O) groups is 11. The van der Waals surface area contributed by atoms with Gasteiger partial charge in [-0.25, -0.2) is 9.59 Å². The molecule has 0 aromatic rings. The Kier molecular flexibility index (Phi) is 51.0. The number of esters is 5. The largest absolute Gasteiger partial charge is 0.466 e. The van der Waals surface area contributed by atoms with Gasteiger partial charge in [-0.1, -0.05) is 7.96 Å². The molecule has 322 valence electrons. The highest BCUT2D eigenvalue weighted by Crippen LogP contribution is 2.28. The Morgan fingerprint density at radius 2 is 0.946 bits per heavy atom. The van der Waals surface area contributed by atoms with Crippen LogP contribution in [0.25, 0.3) is 0 Å². The molecule has 0 spiro atoms. The molecule has 20 nitrogen and oxygen atoms in total. The summed E-state index contributed by atoms with van der Waals surface area (Å²) in [5.41, 5.74) is 4.88. The first-order valence-electron chi connectivity index (χ1n) is 16.8. The highest BCUT2D eigenvalue weighted by Gasteiger charge is 2.18. The number of hydrogen-bond acceptors (Lipinski definition) is 17. The van der Waals surface area contributed by atoms with E-state index in [1.807, 2.05) is 0 Å². The normalized spacial score (nSPS) is 9.02. The Bertz CT molecular complexity index is 1130. The van der Waals surface area contributed by atoms with E-state index >= 15 is 0 Å². The molecule has 0 aliphatic carbocycles. The van der Waals surface area contributed by atoms with E-state index < -0.39 is 65.5 Å². The lowest BCUT2D eigenvalue weighted by Gasteiger charge is -2.05. The summed E-state index contributed by atoms with van der Waals surface area (Å²) in [5, 5.41) is 6.67. The molecule has 0 radical (unpaired) electrons. The molecule has 5 N–H and O–H groups in total. The maximum atomic E-state index is 11.5. The summed E-state index contributed by atoms with van der Waals surface area (Å²) in [7, 11) is 10.7. The molecule has 0 rings (SSSR count). The summed E-state index contributed by atoms with van der Waals surface area (Å²) >= 11 is 0. The summed E-state index contributed by atoms with van der Waals surface area (Å²) in [6.45, 7) is 10.3. The van der Waals surface area contributed by atoms with E-state index in [1.165, 1.54) is 0 Å². The van der Waals surface area contributed by atoms with Crippen LogP contribution in [0.3, 0.4) is 0 Å². The van der Waals surface area contributed by atoms with E-state index in [4.69, 9.17) is 5.73 Å². The Hall–Kier alpha value is -3.25. The average molecular weight is 898 g/mol. The molecule has 0 aromatic heterocycles. The van der Waals surface area contributed by atoms with Gasteiger partial charge in [-0.05, 0) is 40.5 Å². The molecule has 0 saturated heterocycles. The number of rotatable bonds is 22. The molecular formula is C31H58N4O16P5+. The molecular weight excluding hydrogens is 839 g/mol. The van der Waals surface area contributed by atoms with Crippen molar-refractivity contribution >= 4 is 109 Å². The summed E-state index contributed by atoms with van der Waals surface area (Å²) in [6.07, 6.45) is -0.280. The van der Waals surface area contributed by atoms with Crippen molar-refractivity contribution in [3.8, 4) is 0 Å². The predicted molar refractivity (Wildman–Crippen MR) is 221 cm³/mol. The standard InChI is InChI=1S/C16H24N2O8.C11H15NO6.C4H9NO2.H5P3.H4P2/c1-3-25-13(21)8-7-12(20)15(23)17-9-5-6-11(19)16(24)18-10-14(22)26-4-2;1-3-17-10(15)8(13)6-5-7-12-9(14)11(16)18-4-2;1-2-7-4(6)3-5;1-3-2;1-2/h3-10H2,1-2H3,(H,17,23)(H,18,24);2-7H2,1H3;2-3,5H2,1H3;3H,1-2H2;1-2H2/p+1. The van der Waals surface area contributed by atoms with Gasteiger partial charge in [0.1, 0.15) is 13.5 Å². The molecule has 56 heavy (non-hydrogen) atoms. The van der Waals surface area contributed by atoms with Crippen LogP contribution in [0.2, 0.25) is 0 Å². The smallest absolute Gasteiger partial charge is 0.400 e. The van der Waals surface area contributed by atoms with E-state index in [2.05, 4.69) is 82.3 Å². The number of ether oxygens (including phenoxy) is 5. The predicted octanol–water partition coefficient (Wildman–Crippen LogP) is -0.159. The van der Waals surface area contributed by atoms with Gasteiger partial charge in [0.05, 0.1) is 39.4 Å². The van der Waals surface area contributed by atoms with Gasteiger partial charge in [0, 0.05) is 32.4 Å². The molecule has 4 unspecified atom stereocenters. The van der Waals surface area contributed by atoms with Crippen molar-refractivity contribution < 1.29 is 76.4 Å². The third kappa shape index (κ3) is 43.5. The van der Waals surface area contributed by atoms with Crippen LogP contribution in [0.1, 0.15) is 66.2 Å². The number of amides is 3. The van der Waals surface area contributed by atoms with E-state index in [-0.39, 0.29) is 90.6 Å². The van der Waals surface area contributed by atoms with Crippen LogP contribution in [0.5, 0.6) is 0 Å². The summed E-state index contributed by atoms with van der Waals surface area (Å²) in [5.74, 6) is -8.34. The minimum absolute atomic E-state index is 0.0148. The second-order valence-electron chi connectivity index (χ2n) is 9.31. The number of nitrogens with two attached hydrogens (primary N) is 1. The number of nitrogens with one attached hydrogen (secondary N) is 3. The second-order valence-corrected chi connectivity index (χ2v) is 13.6. The monoisotopic (exact) mass is 897 g/mol. The van der Waals surface area contributed by atoms with Gasteiger partial charge in [0.15, 0.2) is 0 Å². The third-order valence-electron chi connectivity index (χ3n) is 5.19. The zero-order valence-electron chi connectivity index (χ0n) is 32.2. The molecule has 0 saturated carbocycles. The minimum atomic E-state index is -1.03. The van der Waals surface area contributed by atoms with E-state index in [0.29, 0.717) is 6.61 Å². The van der Waals surface area contributed by atoms with Crippen LogP contribution in [-0.4, -0.2) is 124 Å². The van der Waals surface area contributed by atoms with Crippen molar-refractivity contribution in [2.75, 3.05) is 59.2 Å². The maximum absolute atomic E-state index is 11.5. The molecule has 3 amide bonds. The van der Waals surface area contributed by atoms with E-state index in [1.54, 1.807) is 27.7 Å². The topological polar surface area (TPSA) is 296 Å². The molecule has 4 atom stereocenters. The van der Waals surface area contributed by atoms with Crippen LogP contribution in [0, 0.1) is 6.92 Å². The molecule has 0 heterocycles. The summed E-state index contributed by atoms with van der Waals surface area (Å²) in [4.78, 5) is 122. The number of carbonyl (C=O) groups excluding carboxylic acids is 11. The Labute approximate surface area is 338 Å². The first-order valence-corrected chi connectivity index (χ1v) is 24.1. The van der Waals surface area contributed by atoms with Crippen molar-refractivity contribution in [3.05, 3.63) is 6.92 Å². The fraction of sp³-hybridized carbons (Fsp3) is 0.613. The SMILES string of the molecule is CCOC(=O)CCC(=O)C(=O)NCCCC(=O)C(=O)NCC(=O)OCC.CCOC(=O)CN.PP.PPP.[CH2+]COC(=O)C(=O)NCCCC(=O)C(=O)OCC. The van der Waals surface area contributed by atoms with E-state index in [9.17, 15) is 52.7 Å². The van der Waals surface area contributed by atoms with E-state index in [0.717, 1.165) is 7.96 Å². The van der Waals surface area contributed by atoms with Crippen LogP contribution in [0.4, 0.5) is 0 Å². The zero-order chi connectivity index (χ0) is 44.3. The third-order valence-corrected chi connectivity index (χ3v) is 5.19. The molecule has 0 fully saturated rings. The lowest BCUT2D eigenvalue weighted by molar-refractivity contribution is -0.154. The van der Waals surface area contributed by atoms with Gasteiger partial charge < -0.3 is 45.4 Å². The van der Waals surface area contributed by atoms with Crippen molar-refractivity contribution in [2.24, 2.45) is 5.73 Å². The lowest BCUT2D eigenvalue weighted by atomic mass is 10.2. The summed E-state index contributed by atoms with van der Waals surface area (Å²) in [6, 6.07) is 0. The lowest BCUT2D eigenvalue weighted by Crippen LogP contribution is -2.36. The van der Waals surface area contributed by atoms with Crippen molar-refractivity contribution in [2.45, 2.75) is 66.2 Å². The van der Waals surface area contributed by atoms with Crippen molar-refractivity contribution in [1.82, 2.24) is 16.0 Å². The molecule has 0 aliphatic rings. The Morgan fingerprint density at radius 3 is 1.39 bits per heavy atom. The average Bonchev–Trinajstić information content (AvgIpc) is 3.17. The number of hydrogen-bond donors (Lipinski definition) is 4. The van der Waals surface area contributed by atoms with Crippen LogP contribution in [0.15, 0.2) is 0 Å². The van der Waals surface area contributed by atoms with Gasteiger partial charge in [0.2, 0.25) is 24.0 Å². The molecule has 0 bridgehead atoms. The van der Waals surface area contributed by atoms with Crippen LogP contribution < -0.4 is 21.7 Å². The minimum Gasteiger partial charge on any atom is -0.466 e. The number of Topliss-reactive ketones (excluding diaryl/α,β-unsaturated/α-hetero) is 3. The van der Waals surface area contributed by atoms with Crippen LogP contribution >= 0.6 is 43.7 Å². The van der Waals surface area contributed by atoms with Gasteiger partial charge >= 0.3 is 35.8 Å². The fourth-order valence-corrected chi connectivity index (χ4v) is 2.90. The first-order chi connectivity index (χ1) is 26.6. The first kappa shape index (κ1) is 62.0. The fourth-order valence-electron chi connectivity index (χ4n) is 2.90. The van der Waals surface area contributed by atoms with Gasteiger partial charge in [-0.15, -0.1) is 35.7 Å². The maximum Gasteiger partial charge on any atom is 0.400 e. The highest BCUT2D eigenvalue weighted by atomic mass is 32.4. The second kappa shape index (κ2) is 46.1. The van der Waals surface area contributed by atoms with Gasteiger partial charge in [-0.3, -0.25) is 43.2 Å².